The molecule has 0 rings (SSSR count). The zero-order chi connectivity index (χ0) is 22.1. The summed E-state index contributed by atoms with van der Waals surface area (Å²) in [7, 11) is 0. The molecule has 178 valence electrons. The first kappa shape index (κ1) is 28.9. The Hall–Kier alpha value is -1.14. The van der Waals surface area contributed by atoms with E-state index in [2.05, 4.69) is 13.8 Å². The summed E-state index contributed by atoms with van der Waals surface area (Å²) in [4.78, 5) is 23.2. The van der Waals surface area contributed by atoms with Crippen LogP contribution in [0.2, 0.25) is 0 Å². The van der Waals surface area contributed by atoms with Gasteiger partial charge >= 0.3 is 11.9 Å². The summed E-state index contributed by atoms with van der Waals surface area (Å²) in [5, 5.41) is 0. The van der Waals surface area contributed by atoms with Crippen LogP contribution in [0, 0.1) is 0 Å². The minimum Gasteiger partial charge on any atom is -0.463 e. The van der Waals surface area contributed by atoms with Gasteiger partial charge in [0, 0.05) is 26.1 Å². The predicted octanol–water partition coefficient (Wildman–Crippen LogP) is 5.61. The summed E-state index contributed by atoms with van der Waals surface area (Å²) in [6.45, 7) is 7.45. The van der Waals surface area contributed by atoms with Crippen LogP contribution in [0.3, 0.4) is 0 Å². The lowest BCUT2D eigenvalue weighted by atomic mass is 10.1. The van der Waals surface area contributed by atoms with Crippen LogP contribution in [0.5, 0.6) is 0 Å². The van der Waals surface area contributed by atoms with E-state index in [1.54, 1.807) is 0 Å². The third kappa shape index (κ3) is 23.1. The molecule has 0 spiro atoms. The van der Waals surface area contributed by atoms with Crippen molar-refractivity contribution < 1.29 is 28.5 Å². The number of rotatable bonds is 23. The lowest BCUT2D eigenvalue weighted by Crippen LogP contribution is -2.10. The topological polar surface area (TPSA) is 71.1 Å². The second-order valence-corrected chi connectivity index (χ2v) is 7.70. The summed E-state index contributed by atoms with van der Waals surface area (Å²) in [5.41, 5.74) is 0. The van der Waals surface area contributed by atoms with Gasteiger partial charge in [-0.1, -0.05) is 65.2 Å². The molecule has 0 radical (unpaired) electrons. The molecule has 0 fully saturated rings. The van der Waals surface area contributed by atoms with Crippen LogP contribution in [-0.2, 0) is 28.5 Å². The molecule has 30 heavy (non-hydrogen) atoms. The maximum absolute atomic E-state index is 11.6. The van der Waals surface area contributed by atoms with E-state index in [4.69, 9.17) is 18.9 Å². The number of esters is 2. The van der Waals surface area contributed by atoms with E-state index in [9.17, 15) is 9.59 Å². The quantitative estimate of drug-likeness (QED) is 0.155. The van der Waals surface area contributed by atoms with Gasteiger partial charge in [0.15, 0.2) is 0 Å². The zero-order valence-corrected chi connectivity index (χ0v) is 19.6. The monoisotopic (exact) mass is 430 g/mol. The van der Waals surface area contributed by atoms with Crippen LogP contribution >= 0.6 is 0 Å². The van der Waals surface area contributed by atoms with E-state index in [1.807, 2.05) is 0 Å². The second-order valence-electron chi connectivity index (χ2n) is 7.70. The molecule has 0 atom stereocenters. The van der Waals surface area contributed by atoms with E-state index >= 15 is 0 Å². The Labute approximate surface area is 184 Å². The molecule has 0 aromatic carbocycles. The standard InChI is InChI=1S/C24H46O6/c1-3-5-17-27-19-21-29-23(25)15-13-11-9-7-8-10-12-14-16-24(26)30-22-20-28-18-6-4-2/h3-22H2,1-2H3. The lowest BCUT2D eigenvalue weighted by Gasteiger charge is -2.06. The Morgan fingerprint density at radius 1 is 0.467 bits per heavy atom. The molecule has 0 heterocycles. The highest BCUT2D eigenvalue weighted by Crippen LogP contribution is 2.11. The van der Waals surface area contributed by atoms with Crippen molar-refractivity contribution in [3.05, 3.63) is 0 Å². The molecule has 0 aliphatic carbocycles. The van der Waals surface area contributed by atoms with Gasteiger partial charge in [-0.2, -0.15) is 0 Å². The highest BCUT2D eigenvalue weighted by atomic mass is 16.6. The van der Waals surface area contributed by atoms with Crippen LogP contribution in [0.4, 0.5) is 0 Å². The first-order valence-electron chi connectivity index (χ1n) is 12.2. The number of carbonyl (C=O) groups is 2. The van der Waals surface area contributed by atoms with Crippen molar-refractivity contribution in [3.8, 4) is 0 Å². The highest BCUT2D eigenvalue weighted by Gasteiger charge is 2.04. The molecule has 0 bridgehead atoms. The van der Waals surface area contributed by atoms with E-state index in [1.165, 1.54) is 12.8 Å². The maximum Gasteiger partial charge on any atom is 0.305 e. The van der Waals surface area contributed by atoms with Crippen molar-refractivity contribution in [2.45, 2.75) is 104 Å². The normalized spacial score (nSPS) is 10.9. The molecule has 0 aliphatic rings. The minimum atomic E-state index is -0.117. The minimum absolute atomic E-state index is 0.117. The largest absolute Gasteiger partial charge is 0.463 e. The fraction of sp³-hybridized carbons (Fsp3) is 0.917. The van der Waals surface area contributed by atoms with Crippen molar-refractivity contribution in [1.82, 2.24) is 0 Å². The Balaban J connectivity index is 3.23. The van der Waals surface area contributed by atoms with E-state index < -0.39 is 0 Å². The number of ether oxygens (including phenoxy) is 4. The van der Waals surface area contributed by atoms with Crippen molar-refractivity contribution >= 4 is 11.9 Å². The Morgan fingerprint density at radius 2 is 0.833 bits per heavy atom. The molecule has 0 N–H and O–H groups in total. The molecule has 0 saturated carbocycles. The molecular weight excluding hydrogens is 384 g/mol. The van der Waals surface area contributed by atoms with Crippen molar-refractivity contribution in [1.29, 1.82) is 0 Å². The fourth-order valence-corrected chi connectivity index (χ4v) is 2.87. The Bertz CT molecular complexity index is 350. The summed E-state index contributed by atoms with van der Waals surface area (Å²) < 4.78 is 21.0. The second kappa shape index (κ2) is 24.1. The average Bonchev–Trinajstić information content (AvgIpc) is 2.74. The molecule has 0 amide bonds. The number of hydrogen-bond acceptors (Lipinski definition) is 6. The third-order valence-corrected chi connectivity index (χ3v) is 4.78. The SMILES string of the molecule is CCCCOCCOC(=O)CCCCCCCCCCC(=O)OCCOCCCC. The summed E-state index contributed by atoms with van der Waals surface area (Å²) in [6.07, 6.45) is 13.9. The van der Waals surface area contributed by atoms with Gasteiger partial charge < -0.3 is 18.9 Å². The molecule has 6 heteroatoms. The van der Waals surface area contributed by atoms with Gasteiger partial charge in [0.25, 0.3) is 0 Å². The van der Waals surface area contributed by atoms with Gasteiger partial charge in [-0.3, -0.25) is 9.59 Å². The summed E-state index contributed by atoms with van der Waals surface area (Å²) >= 11 is 0. The Morgan fingerprint density at radius 3 is 1.20 bits per heavy atom. The number of hydrogen-bond donors (Lipinski definition) is 0. The lowest BCUT2D eigenvalue weighted by molar-refractivity contribution is -0.146. The summed E-state index contributed by atoms with van der Waals surface area (Å²) in [6, 6.07) is 0. The van der Waals surface area contributed by atoms with E-state index in [0.29, 0.717) is 39.3 Å². The molecule has 0 aliphatic heterocycles. The molecule has 0 unspecified atom stereocenters. The van der Waals surface area contributed by atoms with Crippen molar-refractivity contribution in [2.75, 3.05) is 39.6 Å². The maximum atomic E-state index is 11.6. The Kier molecular flexibility index (Phi) is 23.2. The van der Waals surface area contributed by atoms with Gasteiger partial charge in [-0.15, -0.1) is 0 Å². The molecular formula is C24H46O6. The zero-order valence-electron chi connectivity index (χ0n) is 19.6. The smallest absolute Gasteiger partial charge is 0.305 e. The van der Waals surface area contributed by atoms with E-state index in [-0.39, 0.29) is 11.9 Å². The van der Waals surface area contributed by atoms with Crippen LogP contribution in [0.1, 0.15) is 104 Å². The summed E-state index contributed by atoms with van der Waals surface area (Å²) in [5.74, 6) is -0.234. The van der Waals surface area contributed by atoms with E-state index in [0.717, 1.165) is 77.4 Å². The van der Waals surface area contributed by atoms with Crippen LogP contribution in [0.15, 0.2) is 0 Å². The van der Waals surface area contributed by atoms with Gasteiger partial charge in [0.2, 0.25) is 0 Å². The molecule has 6 nitrogen and oxygen atoms in total. The average molecular weight is 431 g/mol. The molecule has 0 saturated heterocycles. The highest BCUT2D eigenvalue weighted by molar-refractivity contribution is 5.69. The molecule has 0 aromatic heterocycles. The van der Waals surface area contributed by atoms with Crippen LogP contribution < -0.4 is 0 Å². The molecule has 0 aromatic rings. The van der Waals surface area contributed by atoms with Crippen LogP contribution in [0.25, 0.3) is 0 Å². The van der Waals surface area contributed by atoms with Crippen LogP contribution in [-0.4, -0.2) is 51.6 Å². The van der Waals surface area contributed by atoms with Crippen molar-refractivity contribution in [2.24, 2.45) is 0 Å². The van der Waals surface area contributed by atoms with Gasteiger partial charge in [0.05, 0.1) is 13.2 Å². The van der Waals surface area contributed by atoms with Crippen molar-refractivity contribution in [3.63, 3.8) is 0 Å². The first-order valence-corrected chi connectivity index (χ1v) is 12.2. The number of carbonyl (C=O) groups excluding carboxylic acids is 2. The van der Waals surface area contributed by atoms with Gasteiger partial charge in [-0.25, -0.2) is 0 Å². The van der Waals surface area contributed by atoms with Gasteiger partial charge in [0.1, 0.15) is 13.2 Å². The third-order valence-electron chi connectivity index (χ3n) is 4.78. The predicted molar refractivity (Wildman–Crippen MR) is 120 cm³/mol. The first-order chi connectivity index (χ1) is 14.7. The number of unbranched alkanes of at least 4 members (excludes halogenated alkanes) is 9. The van der Waals surface area contributed by atoms with Gasteiger partial charge in [-0.05, 0) is 25.7 Å². The fourth-order valence-electron chi connectivity index (χ4n) is 2.87.